The molecular weight excluding hydrogens is 248 g/mol. The lowest BCUT2D eigenvalue weighted by Gasteiger charge is -2.35. The summed E-state index contributed by atoms with van der Waals surface area (Å²) in [7, 11) is 3.59. The van der Waals surface area contributed by atoms with Crippen molar-refractivity contribution in [1.82, 2.24) is 0 Å². The van der Waals surface area contributed by atoms with Crippen LogP contribution in [0.4, 0.5) is 0 Å². The predicted octanol–water partition coefficient (Wildman–Crippen LogP) is 4.33. The molecule has 0 radical (unpaired) electrons. The van der Waals surface area contributed by atoms with Crippen LogP contribution < -0.4 is 0 Å². The molecule has 0 aliphatic rings. The lowest BCUT2D eigenvalue weighted by molar-refractivity contribution is -0.00665. The molecule has 0 N–H and O–H groups in total. The second-order valence-corrected chi connectivity index (χ2v) is 5.92. The molecular formula is C18H30O2. The van der Waals surface area contributed by atoms with E-state index in [4.69, 9.17) is 9.47 Å². The maximum atomic E-state index is 5.54. The number of benzene rings is 1. The molecule has 0 amide bonds. The SMILES string of the molecule is CCC(CC)CC(COC)(COC)Cc1ccccc1. The number of rotatable bonds is 10. The number of hydrogen-bond donors (Lipinski definition) is 0. The molecule has 20 heavy (non-hydrogen) atoms. The summed E-state index contributed by atoms with van der Waals surface area (Å²) in [5, 5.41) is 0. The fourth-order valence-electron chi connectivity index (χ4n) is 3.16. The molecule has 0 heterocycles. The lowest BCUT2D eigenvalue weighted by Crippen LogP contribution is -2.36. The molecule has 0 unspecified atom stereocenters. The van der Waals surface area contributed by atoms with Gasteiger partial charge < -0.3 is 9.47 Å². The summed E-state index contributed by atoms with van der Waals surface area (Å²) in [5.41, 5.74) is 1.45. The minimum absolute atomic E-state index is 0.0849. The van der Waals surface area contributed by atoms with Gasteiger partial charge in [0.05, 0.1) is 13.2 Å². The Morgan fingerprint density at radius 3 is 1.95 bits per heavy atom. The lowest BCUT2D eigenvalue weighted by atomic mass is 9.74. The van der Waals surface area contributed by atoms with Gasteiger partial charge in [0.2, 0.25) is 0 Å². The van der Waals surface area contributed by atoms with E-state index < -0.39 is 0 Å². The van der Waals surface area contributed by atoms with Crippen LogP contribution in [0.1, 0.15) is 38.7 Å². The third kappa shape index (κ3) is 5.26. The standard InChI is InChI=1S/C18H30O2/c1-5-16(6-2)12-18(14-19-3,15-20-4)13-17-10-8-7-9-11-17/h7-11,16H,5-6,12-15H2,1-4H3. The van der Waals surface area contributed by atoms with Crippen molar-refractivity contribution >= 4 is 0 Å². The Kier molecular flexibility index (Phi) is 7.86. The van der Waals surface area contributed by atoms with Crippen molar-refractivity contribution < 1.29 is 9.47 Å². The Morgan fingerprint density at radius 2 is 1.50 bits per heavy atom. The fourth-order valence-corrected chi connectivity index (χ4v) is 3.16. The van der Waals surface area contributed by atoms with Gasteiger partial charge in [0.1, 0.15) is 0 Å². The molecule has 0 bridgehead atoms. The summed E-state index contributed by atoms with van der Waals surface area (Å²) in [6.07, 6.45) is 4.63. The highest BCUT2D eigenvalue weighted by atomic mass is 16.5. The molecule has 2 nitrogen and oxygen atoms in total. The van der Waals surface area contributed by atoms with E-state index in [0.717, 1.165) is 32.0 Å². The van der Waals surface area contributed by atoms with E-state index in [2.05, 4.69) is 44.2 Å². The highest BCUT2D eigenvalue weighted by molar-refractivity contribution is 5.16. The second kappa shape index (κ2) is 9.15. The van der Waals surface area contributed by atoms with Crippen LogP contribution in [0, 0.1) is 11.3 Å². The van der Waals surface area contributed by atoms with Gasteiger partial charge in [0.25, 0.3) is 0 Å². The first-order valence-electron chi connectivity index (χ1n) is 7.71. The molecule has 0 aliphatic carbocycles. The van der Waals surface area contributed by atoms with Crippen molar-refractivity contribution in [2.24, 2.45) is 11.3 Å². The summed E-state index contributed by atoms with van der Waals surface area (Å²) < 4.78 is 11.1. The predicted molar refractivity (Wildman–Crippen MR) is 85.0 cm³/mol. The molecule has 114 valence electrons. The molecule has 1 aromatic rings. The Labute approximate surface area is 124 Å². The van der Waals surface area contributed by atoms with E-state index in [0.29, 0.717) is 0 Å². The van der Waals surface area contributed by atoms with Crippen molar-refractivity contribution in [3.8, 4) is 0 Å². The van der Waals surface area contributed by atoms with Crippen LogP contribution in [-0.4, -0.2) is 27.4 Å². The van der Waals surface area contributed by atoms with Crippen LogP contribution in [0.25, 0.3) is 0 Å². The van der Waals surface area contributed by atoms with E-state index in [1.807, 2.05) is 0 Å². The quantitative estimate of drug-likeness (QED) is 0.634. The smallest absolute Gasteiger partial charge is 0.0544 e. The monoisotopic (exact) mass is 278 g/mol. The summed E-state index contributed by atoms with van der Waals surface area (Å²) in [6.45, 7) is 6.07. The summed E-state index contributed by atoms with van der Waals surface area (Å²) >= 11 is 0. The Bertz CT molecular complexity index is 338. The van der Waals surface area contributed by atoms with E-state index >= 15 is 0 Å². The van der Waals surface area contributed by atoms with E-state index in [9.17, 15) is 0 Å². The zero-order valence-electron chi connectivity index (χ0n) is 13.5. The number of ether oxygens (including phenoxy) is 2. The van der Waals surface area contributed by atoms with Gasteiger partial charge in [-0.05, 0) is 24.3 Å². The Balaban J connectivity index is 2.90. The maximum Gasteiger partial charge on any atom is 0.0544 e. The normalized spacial score (nSPS) is 12.1. The first kappa shape index (κ1) is 17.2. The number of methoxy groups -OCH3 is 2. The van der Waals surface area contributed by atoms with Crippen molar-refractivity contribution in [2.75, 3.05) is 27.4 Å². The molecule has 0 fully saturated rings. The van der Waals surface area contributed by atoms with Gasteiger partial charge in [-0.15, -0.1) is 0 Å². The highest BCUT2D eigenvalue weighted by Crippen LogP contribution is 2.34. The van der Waals surface area contributed by atoms with Crippen LogP contribution in [0.15, 0.2) is 30.3 Å². The molecule has 1 aromatic carbocycles. The topological polar surface area (TPSA) is 18.5 Å². The Hall–Kier alpha value is -0.860. The van der Waals surface area contributed by atoms with Gasteiger partial charge in [0, 0.05) is 19.6 Å². The van der Waals surface area contributed by atoms with Crippen LogP contribution in [-0.2, 0) is 15.9 Å². The zero-order chi connectivity index (χ0) is 14.8. The van der Waals surface area contributed by atoms with Crippen LogP contribution in [0.5, 0.6) is 0 Å². The van der Waals surface area contributed by atoms with Crippen molar-refractivity contribution in [3.63, 3.8) is 0 Å². The molecule has 0 saturated heterocycles. The van der Waals surface area contributed by atoms with Crippen LogP contribution in [0.2, 0.25) is 0 Å². The van der Waals surface area contributed by atoms with Crippen LogP contribution in [0.3, 0.4) is 0 Å². The maximum absolute atomic E-state index is 5.54. The largest absolute Gasteiger partial charge is 0.384 e. The third-order valence-electron chi connectivity index (χ3n) is 4.20. The summed E-state index contributed by atoms with van der Waals surface area (Å²) in [6, 6.07) is 10.7. The zero-order valence-corrected chi connectivity index (χ0v) is 13.5. The first-order valence-corrected chi connectivity index (χ1v) is 7.71. The van der Waals surface area contributed by atoms with E-state index in [-0.39, 0.29) is 5.41 Å². The molecule has 0 aliphatic heterocycles. The third-order valence-corrected chi connectivity index (χ3v) is 4.20. The molecule has 0 spiro atoms. The van der Waals surface area contributed by atoms with Crippen molar-refractivity contribution in [3.05, 3.63) is 35.9 Å². The Morgan fingerprint density at radius 1 is 0.950 bits per heavy atom. The summed E-state index contributed by atoms with van der Waals surface area (Å²) in [5.74, 6) is 0.740. The van der Waals surface area contributed by atoms with E-state index in [1.54, 1.807) is 14.2 Å². The van der Waals surface area contributed by atoms with Crippen molar-refractivity contribution in [1.29, 1.82) is 0 Å². The molecule has 2 heteroatoms. The molecule has 0 atom stereocenters. The fraction of sp³-hybridized carbons (Fsp3) is 0.667. The van der Waals surface area contributed by atoms with Gasteiger partial charge in [-0.3, -0.25) is 0 Å². The average molecular weight is 278 g/mol. The molecule has 0 saturated carbocycles. The van der Waals surface area contributed by atoms with Gasteiger partial charge in [0.15, 0.2) is 0 Å². The summed E-state index contributed by atoms with van der Waals surface area (Å²) in [4.78, 5) is 0. The van der Waals surface area contributed by atoms with Gasteiger partial charge in [-0.25, -0.2) is 0 Å². The van der Waals surface area contributed by atoms with Crippen molar-refractivity contribution in [2.45, 2.75) is 39.5 Å². The highest BCUT2D eigenvalue weighted by Gasteiger charge is 2.32. The van der Waals surface area contributed by atoms with Crippen LogP contribution >= 0.6 is 0 Å². The minimum Gasteiger partial charge on any atom is -0.384 e. The molecule has 1 rings (SSSR count). The first-order chi connectivity index (χ1) is 9.69. The molecule has 0 aromatic heterocycles. The average Bonchev–Trinajstić information content (AvgIpc) is 2.46. The van der Waals surface area contributed by atoms with Gasteiger partial charge in [-0.2, -0.15) is 0 Å². The minimum atomic E-state index is 0.0849. The second-order valence-electron chi connectivity index (χ2n) is 5.92. The number of hydrogen-bond acceptors (Lipinski definition) is 2. The van der Waals surface area contributed by atoms with Gasteiger partial charge >= 0.3 is 0 Å². The van der Waals surface area contributed by atoms with Gasteiger partial charge in [-0.1, -0.05) is 57.0 Å². The van der Waals surface area contributed by atoms with E-state index in [1.165, 1.54) is 18.4 Å².